The van der Waals surface area contributed by atoms with Gasteiger partial charge in [-0.05, 0) is 19.1 Å². The van der Waals surface area contributed by atoms with E-state index in [1.54, 1.807) is 0 Å². The molecule has 1 heterocycles. The molecule has 0 aromatic carbocycles. The number of amides is 1. The highest BCUT2D eigenvalue weighted by Crippen LogP contribution is 1.92. The average molecular weight is 259 g/mol. The summed E-state index contributed by atoms with van der Waals surface area (Å²) in [7, 11) is -3.61. The molecule has 0 fully saturated rings. The molecule has 1 aromatic heterocycles. The monoisotopic (exact) mass is 259 g/mol. The van der Waals surface area contributed by atoms with Crippen molar-refractivity contribution in [1.82, 2.24) is 9.29 Å². The second kappa shape index (κ2) is 5.00. The Labute approximate surface area is 98.3 Å². The minimum Gasteiger partial charge on any atom is -0.394 e. The first-order valence-corrected chi connectivity index (χ1v) is 6.49. The zero-order valence-corrected chi connectivity index (χ0v) is 10.0. The van der Waals surface area contributed by atoms with E-state index < -0.39 is 21.5 Å². The Morgan fingerprint density at radius 3 is 2.76 bits per heavy atom. The third-order valence-corrected chi connectivity index (χ3v) is 3.31. The van der Waals surface area contributed by atoms with Crippen LogP contribution < -0.4 is 16.0 Å². The normalized spacial score (nSPS) is 11.1. The van der Waals surface area contributed by atoms with Gasteiger partial charge in [0.25, 0.3) is 11.5 Å². The summed E-state index contributed by atoms with van der Waals surface area (Å²) in [5.41, 5.74) is 4.83. The molecule has 1 rings (SSSR count). The molecule has 0 saturated carbocycles. The fraction of sp³-hybridized carbons (Fsp3) is 0.333. The Bertz CT molecular complexity index is 576. The van der Waals surface area contributed by atoms with Crippen LogP contribution >= 0.6 is 0 Å². The smallest absolute Gasteiger partial charge is 0.274 e. The number of nitrogens with two attached hydrogens (primary N) is 1. The van der Waals surface area contributed by atoms with E-state index >= 15 is 0 Å². The number of anilines is 1. The highest BCUT2D eigenvalue weighted by atomic mass is 32.2. The van der Waals surface area contributed by atoms with Gasteiger partial charge in [-0.1, -0.05) is 0 Å². The number of aromatic nitrogens is 1. The van der Waals surface area contributed by atoms with Gasteiger partial charge < -0.3 is 10.3 Å². The van der Waals surface area contributed by atoms with E-state index in [1.165, 1.54) is 25.3 Å². The molecule has 0 atom stereocenters. The van der Waals surface area contributed by atoms with Crippen LogP contribution in [0.15, 0.2) is 23.1 Å². The van der Waals surface area contributed by atoms with Gasteiger partial charge in [-0.25, -0.2) is 8.42 Å². The number of nitrogens with one attached hydrogen (secondary N) is 1. The lowest BCUT2D eigenvalue weighted by atomic mass is 10.4. The molecule has 3 N–H and O–H groups in total. The van der Waals surface area contributed by atoms with Crippen LogP contribution in [-0.2, 0) is 21.4 Å². The number of sulfonamides is 1. The lowest BCUT2D eigenvalue weighted by molar-refractivity contribution is -0.119. The van der Waals surface area contributed by atoms with Crippen molar-refractivity contribution in [3.8, 4) is 0 Å². The summed E-state index contributed by atoms with van der Waals surface area (Å²) >= 11 is 0. The first-order chi connectivity index (χ1) is 7.85. The van der Waals surface area contributed by atoms with Gasteiger partial charge in [0.2, 0.25) is 10.0 Å². The highest BCUT2D eigenvalue weighted by molar-refractivity contribution is 7.90. The van der Waals surface area contributed by atoms with Crippen molar-refractivity contribution in [3.63, 3.8) is 0 Å². The minimum atomic E-state index is -3.61. The number of rotatable bonds is 4. The van der Waals surface area contributed by atoms with Crippen LogP contribution in [0.5, 0.6) is 0 Å². The van der Waals surface area contributed by atoms with E-state index in [9.17, 15) is 18.0 Å². The number of hydrogen-bond donors (Lipinski definition) is 2. The van der Waals surface area contributed by atoms with Crippen LogP contribution in [0.2, 0.25) is 0 Å². The SMILES string of the molecule is CCS(=O)(=O)NC(=O)Cn1cccc(N)c1=O. The van der Waals surface area contributed by atoms with Crippen LogP contribution in [-0.4, -0.2) is 24.6 Å². The Kier molecular flexibility index (Phi) is 3.89. The molecular formula is C9H13N3O4S. The van der Waals surface area contributed by atoms with E-state index in [0.717, 1.165) is 4.57 Å². The first-order valence-electron chi connectivity index (χ1n) is 4.84. The molecule has 0 saturated heterocycles. The number of carbonyl (C=O) groups excluding carboxylic acids is 1. The quantitative estimate of drug-likeness (QED) is 0.712. The van der Waals surface area contributed by atoms with Gasteiger partial charge in [0.05, 0.1) is 11.4 Å². The van der Waals surface area contributed by atoms with E-state index in [4.69, 9.17) is 5.73 Å². The first kappa shape index (κ1) is 13.2. The van der Waals surface area contributed by atoms with Crippen molar-refractivity contribution >= 4 is 21.6 Å². The van der Waals surface area contributed by atoms with Gasteiger partial charge in [-0.2, -0.15) is 0 Å². The molecule has 94 valence electrons. The largest absolute Gasteiger partial charge is 0.394 e. The van der Waals surface area contributed by atoms with Crippen molar-refractivity contribution in [3.05, 3.63) is 28.7 Å². The summed E-state index contributed by atoms with van der Waals surface area (Å²) in [4.78, 5) is 22.8. The molecule has 8 heteroatoms. The molecule has 0 radical (unpaired) electrons. The number of carbonyl (C=O) groups is 1. The number of nitrogen functional groups attached to an aromatic ring is 1. The van der Waals surface area contributed by atoms with Gasteiger partial charge in [0.1, 0.15) is 6.54 Å². The highest BCUT2D eigenvalue weighted by Gasteiger charge is 2.12. The molecule has 17 heavy (non-hydrogen) atoms. The third kappa shape index (κ3) is 3.59. The fourth-order valence-electron chi connectivity index (χ4n) is 1.11. The molecular weight excluding hydrogens is 246 g/mol. The third-order valence-electron chi connectivity index (χ3n) is 2.01. The summed E-state index contributed by atoms with van der Waals surface area (Å²) in [5, 5.41) is 0. The second-order valence-corrected chi connectivity index (χ2v) is 5.34. The molecule has 1 aromatic rings. The van der Waals surface area contributed by atoms with Crippen molar-refractivity contribution in [2.75, 3.05) is 11.5 Å². The van der Waals surface area contributed by atoms with E-state index in [2.05, 4.69) is 0 Å². The lowest BCUT2D eigenvalue weighted by Crippen LogP contribution is -2.37. The van der Waals surface area contributed by atoms with Gasteiger partial charge >= 0.3 is 0 Å². The molecule has 1 amide bonds. The fourth-order valence-corrected chi connectivity index (χ4v) is 1.67. The minimum absolute atomic E-state index is 0.00125. The van der Waals surface area contributed by atoms with Crippen LogP contribution in [0.25, 0.3) is 0 Å². The maximum Gasteiger partial charge on any atom is 0.274 e. The molecule has 0 aliphatic carbocycles. The Hall–Kier alpha value is -1.83. The number of hydrogen-bond acceptors (Lipinski definition) is 5. The summed E-state index contributed by atoms with van der Waals surface area (Å²) < 4.78 is 25.1. The summed E-state index contributed by atoms with van der Waals surface area (Å²) in [5.74, 6) is -0.982. The maximum absolute atomic E-state index is 11.4. The molecule has 0 bridgehead atoms. The van der Waals surface area contributed by atoms with Gasteiger partial charge in [-0.3, -0.25) is 14.3 Å². The van der Waals surface area contributed by atoms with Crippen LogP contribution in [0.3, 0.4) is 0 Å². The second-order valence-electron chi connectivity index (χ2n) is 3.33. The Morgan fingerprint density at radius 2 is 2.18 bits per heavy atom. The predicted octanol–water partition coefficient (Wildman–Crippen LogP) is -1.10. The number of pyridine rings is 1. The van der Waals surface area contributed by atoms with Crippen molar-refractivity contribution in [2.24, 2.45) is 0 Å². The van der Waals surface area contributed by atoms with Gasteiger partial charge in [-0.15, -0.1) is 0 Å². The molecule has 7 nitrogen and oxygen atoms in total. The van der Waals surface area contributed by atoms with Crippen molar-refractivity contribution < 1.29 is 13.2 Å². The van der Waals surface area contributed by atoms with Crippen molar-refractivity contribution in [2.45, 2.75) is 13.5 Å². The summed E-state index contributed by atoms with van der Waals surface area (Å²) in [6.07, 6.45) is 1.36. The van der Waals surface area contributed by atoms with E-state index in [-0.39, 0.29) is 18.0 Å². The Morgan fingerprint density at radius 1 is 1.53 bits per heavy atom. The Balaban J connectivity index is 2.83. The van der Waals surface area contributed by atoms with Gasteiger partial charge in [0.15, 0.2) is 0 Å². The molecule has 0 unspecified atom stereocenters. The topological polar surface area (TPSA) is 111 Å². The molecule has 0 aliphatic rings. The average Bonchev–Trinajstić information content (AvgIpc) is 2.24. The van der Waals surface area contributed by atoms with Gasteiger partial charge in [0, 0.05) is 6.20 Å². The maximum atomic E-state index is 11.4. The molecule has 0 spiro atoms. The zero-order chi connectivity index (χ0) is 13.1. The number of nitrogens with zero attached hydrogens (tertiary/aromatic N) is 1. The van der Waals surface area contributed by atoms with E-state index in [1.807, 2.05) is 4.72 Å². The molecule has 0 aliphatic heterocycles. The standard InChI is InChI=1S/C9H13N3O4S/c1-2-17(15,16)11-8(13)6-12-5-3-4-7(10)9(12)14/h3-5H,2,6,10H2,1H3,(H,11,13). The lowest BCUT2D eigenvalue weighted by Gasteiger charge is -2.07. The van der Waals surface area contributed by atoms with Crippen LogP contribution in [0.4, 0.5) is 5.69 Å². The summed E-state index contributed by atoms with van der Waals surface area (Å²) in [6, 6.07) is 2.90. The predicted molar refractivity (Wildman–Crippen MR) is 62.7 cm³/mol. The van der Waals surface area contributed by atoms with Crippen LogP contribution in [0.1, 0.15) is 6.92 Å². The van der Waals surface area contributed by atoms with Crippen LogP contribution in [0, 0.1) is 0 Å². The summed E-state index contributed by atoms with van der Waals surface area (Å²) in [6.45, 7) is 1.02. The van der Waals surface area contributed by atoms with E-state index in [0.29, 0.717) is 0 Å². The van der Waals surface area contributed by atoms with Crippen molar-refractivity contribution in [1.29, 1.82) is 0 Å². The zero-order valence-electron chi connectivity index (χ0n) is 9.21.